The summed E-state index contributed by atoms with van der Waals surface area (Å²) < 4.78 is 5.13. The second kappa shape index (κ2) is 6.24. The average Bonchev–Trinajstić information content (AvgIpc) is 2.62. The van der Waals surface area contributed by atoms with Gasteiger partial charge in [-0.05, 0) is 0 Å². The number of hydrogen-bond acceptors (Lipinski definition) is 6. The molecule has 2 N–H and O–H groups in total. The monoisotopic (exact) mass is 259 g/mol. The van der Waals surface area contributed by atoms with Crippen LogP contribution in [-0.2, 0) is 15.3 Å². The number of carboxylic acids is 1. The molecule has 0 bridgehead atoms. The van der Waals surface area contributed by atoms with Crippen molar-refractivity contribution in [2.75, 3.05) is 5.75 Å². The highest BCUT2D eigenvalue weighted by Crippen LogP contribution is 2.12. The van der Waals surface area contributed by atoms with Gasteiger partial charge in [-0.1, -0.05) is 0 Å². The Balaban J connectivity index is 2.37. The Bertz CT molecular complexity index is 407. The van der Waals surface area contributed by atoms with Crippen LogP contribution in [0.1, 0.15) is 18.7 Å². The van der Waals surface area contributed by atoms with E-state index in [0.717, 1.165) is 0 Å². The Morgan fingerprint density at radius 2 is 2.24 bits per heavy atom. The lowest BCUT2D eigenvalue weighted by Gasteiger charge is -2.11. The average molecular weight is 259 g/mol. The van der Waals surface area contributed by atoms with E-state index in [1.54, 1.807) is 6.92 Å². The minimum atomic E-state index is -1.06. The first-order chi connectivity index (χ1) is 7.99. The smallest absolute Gasteiger partial charge is 0.327 e. The number of thioether (sulfide) groups is 1. The minimum absolute atomic E-state index is 0.246. The van der Waals surface area contributed by atoms with Gasteiger partial charge in [-0.25, -0.2) is 4.79 Å². The zero-order valence-electron chi connectivity index (χ0n) is 9.47. The van der Waals surface area contributed by atoms with Gasteiger partial charge in [0.1, 0.15) is 6.04 Å². The number of nitrogens with one attached hydrogen (secondary N) is 1. The van der Waals surface area contributed by atoms with Crippen LogP contribution in [-0.4, -0.2) is 39.0 Å². The molecule has 0 aromatic carbocycles. The Kier molecular flexibility index (Phi) is 4.95. The number of carbonyl (C=O) groups is 2. The van der Waals surface area contributed by atoms with Crippen LogP contribution in [0.3, 0.4) is 0 Å². The van der Waals surface area contributed by atoms with E-state index >= 15 is 0 Å². The molecule has 1 rings (SSSR count). The summed E-state index contributed by atoms with van der Waals surface area (Å²) in [7, 11) is 0. The van der Waals surface area contributed by atoms with E-state index < -0.39 is 12.0 Å². The van der Waals surface area contributed by atoms with Crippen LogP contribution in [0.4, 0.5) is 0 Å². The molecule has 94 valence electrons. The summed E-state index contributed by atoms with van der Waals surface area (Å²) in [6.45, 7) is 2.96. The number of aromatic nitrogens is 2. The number of carbonyl (C=O) groups excluding carboxylic acids is 1. The lowest BCUT2D eigenvalue weighted by molar-refractivity contribution is -0.140. The maximum Gasteiger partial charge on any atom is 0.327 e. The quantitative estimate of drug-likeness (QED) is 0.751. The van der Waals surface area contributed by atoms with Crippen molar-refractivity contribution < 1.29 is 19.1 Å². The van der Waals surface area contributed by atoms with E-state index in [0.29, 0.717) is 17.5 Å². The number of aliphatic carboxylic acids is 1. The van der Waals surface area contributed by atoms with Crippen molar-refractivity contribution >= 4 is 23.6 Å². The first-order valence-electron chi connectivity index (χ1n) is 4.85. The van der Waals surface area contributed by atoms with Crippen molar-refractivity contribution in [2.45, 2.75) is 25.6 Å². The van der Waals surface area contributed by atoms with Gasteiger partial charge in [0.05, 0.1) is 5.75 Å². The molecule has 1 amide bonds. The van der Waals surface area contributed by atoms with Crippen LogP contribution >= 0.6 is 11.8 Å². The molecule has 1 heterocycles. The van der Waals surface area contributed by atoms with Crippen LogP contribution in [0, 0.1) is 6.92 Å². The fourth-order valence-electron chi connectivity index (χ4n) is 1.08. The van der Waals surface area contributed by atoms with Gasteiger partial charge in [0.15, 0.2) is 0 Å². The van der Waals surface area contributed by atoms with Crippen LogP contribution in [0.15, 0.2) is 4.42 Å². The standard InChI is InChI=1S/C9H13N3O4S/c1-5(13)10-7(9(14)15)3-17-4-8-12-11-6(2)16-8/h7H,3-4H2,1-2H3,(H,10,13)(H,14,15). The van der Waals surface area contributed by atoms with Gasteiger partial charge in [-0.15, -0.1) is 22.0 Å². The highest BCUT2D eigenvalue weighted by molar-refractivity contribution is 7.98. The van der Waals surface area contributed by atoms with Gasteiger partial charge in [0.25, 0.3) is 0 Å². The number of rotatable bonds is 6. The lowest BCUT2D eigenvalue weighted by atomic mass is 10.3. The maximum atomic E-state index is 10.8. The van der Waals surface area contributed by atoms with Crippen LogP contribution in [0.25, 0.3) is 0 Å². The minimum Gasteiger partial charge on any atom is -0.480 e. The molecule has 1 aromatic rings. The van der Waals surface area contributed by atoms with Gasteiger partial charge < -0.3 is 14.8 Å². The van der Waals surface area contributed by atoms with E-state index in [1.807, 2.05) is 0 Å². The molecule has 0 spiro atoms. The van der Waals surface area contributed by atoms with E-state index in [1.165, 1.54) is 18.7 Å². The molecule has 7 nitrogen and oxygen atoms in total. The van der Waals surface area contributed by atoms with E-state index in [9.17, 15) is 9.59 Å². The second-order valence-electron chi connectivity index (χ2n) is 3.32. The highest BCUT2D eigenvalue weighted by atomic mass is 32.2. The van der Waals surface area contributed by atoms with Gasteiger partial charge in [-0.3, -0.25) is 4.79 Å². The summed E-state index contributed by atoms with van der Waals surface area (Å²) in [6.07, 6.45) is 0. The largest absolute Gasteiger partial charge is 0.480 e. The molecule has 8 heteroatoms. The molecule has 0 aliphatic rings. The molecule has 0 aliphatic carbocycles. The first kappa shape index (κ1) is 13.5. The second-order valence-corrected chi connectivity index (χ2v) is 4.35. The third-order valence-electron chi connectivity index (χ3n) is 1.75. The van der Waals surface area contributed by atoms with Crippen molar-refractivity contribution in [3.63, 3.8) is 0 Å². The summed E-state index contributed by atoms with van der Waals surface area (Å²) in [4.78, 5) is 21.6. The van der Waals surface area contributed by atoms with Crippen molar-refractivity contribution in [2.24, 2.45) is 0 Å². The summed E-state index contributed by atoms with van der Waals surface area (Å²) >= 11 is 1.31. The molecule has 0 saturated carbocycles. The van der Waals surface area contributed by atoms with Crippen molar-refractivity contribution in [1.82, 2.24) is 15.5 Å². The third kappa shape index (κ3) is 4.85. The molecule has 17 heavy (non-hydrogen) atoms. The Labute approximate surface area is 102 Å². The summed E-state index contributed by atoms with van der Waals surface area (Å²) in [5.74, 6) is 0.151. The number of amides is 1. The molecule has 0 aliphatic heterocycles. The Morgan fingerprint density at radius 3 is 2.71 bits per heavy atom. The normalized spacial score (nSPS) is 12.1. The van der Waals surface area contributed by atoms with E-state index in [-0.39, 0.29) is 11.7 Å². The first-order valence-corrected chi connectivity index (χ1v) is 6.01. The maximum absolute atomic E-state index is 10.8. The van der Waals surface area contributed by atoms with Crippen LogP contribution in [0.2, 0.25) is 0 Å². The fourth-order valence-corrected chi connectivity index (χ4v) is 1.95. The number of hydrogen-bond donors (Lipinski definition) is 2. The van der Waals surface area contributed by atoms with Gasteiger partial charge >= 0.3 is 5.97 Å². The van der Waals surface area contributed by atoms with E-state index in [4.69, 9.17) is 9.52 Å². The molecular formula is C9H13N3O4S. The van der Waals surface area contributed by atoms with Crippen molar-refractivity contribution in [3.8, 4) is 0 Å². The van der Waals surface area contributed by atoms with E-state index in [2.05, 4.69) is 15.5 Å². The third-order valence-corrected chi connectivity index (χ3v) is 2.77. The molecule has 1 aromatic heterocycles. The number of nitrogens with zero attached hydrogens (tertiary/aromatic N) is 2. The van der Waals surface area contributed by atoms with Crippen molar-refractivity contribution in [1.29, 1.82) is 0 Å². The fraction of sp³-hybridized carbons (Fsp3) is 0.556. The number of carboxylic acid groups (broad SMARTS) is 1. The van der Waals surface area contributed by atoms with Crippen LogP contribution < -0.4 is 5.32 Å². The summed E-state index contributed by atoms with van der Waals surface area (Å²) in [5, 5.41) is 18.6. The predicted molar refractivity (Wildman–Crippen MR) is 60.4 cm³/mol. The topological polar surface area (TPSA) is 105 Å². The van der Waals surface area contributed by atoms with Gasteiger partial charge in [0.2, 0.25) is 17.7 Å². The Hall–Kier alpha value is -1.57. The highest BCUT2D eigenvalue weighted by Gasteiger charge is 2.18. The van der Waals surface area contributed by atoms with Gasteiger partial charge in [-0.2, -0.15) is 0 Å². The van der Waals surface area contributed by atoms with Crippen molar-refractivity contribution in [3.05, 3.63) is 11.8 Å². The zero-order valence-corrected chi connectivity index (χ0v) is 10.3. The lowest BCUT2D eigenvalue weighted by Crippen LogP contribution is -2.41. The number of aryl methyl sites for hydroxylation is 1. The molecular weight excluding hydrogens is 246 g/mol. The summed E-state index contributed by atoms with van der Waals surface area (Å²) in [5.41, 5.74) is 0. The predicted octanol–water partition coefficient (Wildman–Crippen LogP) is 0.201. The molecule has 0 saturated heterocycles. The van der Waals surface area contributed by atoms with Crippen LogP contribution in [0.5, 0.6) is 0 Å². The molecule has 1 unspecified atom stereocenters. The zero-order chi connectivity index (χ0) is 12.8. The molecule has 1 atom stereocenters. The Morgan fingerprint density at radius 1 is 1.53 bits per heavy atom. The van der Waals surface area contributed by atoms with Gasteiger partial charge in [0, 0.05) is 19.6 Å². The molecule has 0 radical (unpaired) electrons. The SMILES string of the molecule is CC(=O)NC(CSCc1nnc(C)o1)C(=O)O. The molecule has 0 fully saturated rings. The summed E-state index contributed by atoms with van der Waals surface area (Å²) in [6, 6.07) is -0.901.